The van der Waals surface area contributed by atoms with Gasteiger partial charge in [-0.3, -0.25) is 4.79 Å². The van der Waals surface area contributed by atoms with Gasteiger partial charge in [0.15, 0.2) is 0 Å². The van der Waals surface area contributed by atoms with E-state index in [4.69, 9.17) is 41.0 Å². The van der Waals surface area contributed by atoms with Crippen molar-refractivity contribution in [2.24, 2.45) is 0 Å². The van der Waals surface area contributed by atoms with Crippen LogP contribution < -0.4 is 20.5 Å². The van der Waals surface area contributed by atoms with Gasteiger partial charge in [-0.05, 0) is 67.5 Å². The largest absolute Gasteiger partial charge is 0.489 e. The number of fused-ring (bicyclic) bond motifs is 1. The van der Waals surface area contributed by atoms with Crippen molar-refractivity contribution in [3.05, 3.63) is 70.3 Å². The molecule has 2 heterocycles. The molecule has 2 aromatic rings. The Morgan fingerprint density at radius 2 is 1.73 bits per heavy atom. The fourth-order valence-electron chi connectivity index (χ4n) is 5.49. The topological polar surface area (TPSA) is 202 Å². The summed E-state index contributed by atoms with van der Waals surface area (Å²) < 4.78 is 27.8. The number of carbonyl (C=O) groups is 1. The van der Waals surface area contributed by atoms with E-state index in [0.29, 0.717) is 21.9 Å². The second-order valence-electron chi connectivity index (χ2n) is 11.2. The first-order valence-corrected chi connectivity index (χ1v) is 14.7. The van der Waals surface area contributed by atoms with Crippen LogP contribution >= 0.6 is 11.6 Å². The van der Waals surface area contributed by atoms with Crippen molar-refractivity contribution in [2.45, 2.75) is 75.0 Å². The summed E-state index contributed by atoms with van der Waals surface area (Å²) in [6.07, 6.45) is -7.33. The quantitative estimate of drug-likeness (QED) is 0.113. The van der Waals surface area contributed by atoms with Crippen molar-refractivity contribution in [3.8, 4) is 11.5 Å². The summed E-state index contributed by atoms with van der Waals surface area (Å²) in [6, 6.07) is 10.5. The second-order valence-corrected chi connectivity index (χ2v) is 11.7. The Morgan fingerprint density at radius 3 is 2.44 bits per heavy atom. The highest BCUT2D eigenvalue weighted by Gasteiger charge is 2.53. The molecule has 8 N–H and O–H groups in total. The minimum absolute atomic E-state index is 0.137. The van der Waals surface area contributed by atoms with E-state index in [-0.39, 0.29) is 30.4 Å². The molecule has 1 amide bonds. The Hall–Kier alpha value is -3.24. The van der Waals surface area contributed by atoms with E-state index >= 15 is 0 Å². The molecule has 0 spiro atoms. The number of benzene rings is 2. The molecule has 14 heteroatoms. The van der Waals surface area contributed by atoms with Crippen LogP contribution in [0.15, 0.2) is 59.7 Å². The number of nitrogen functional groups attached to an aromatic ring is 1. The number of nitrogens with one attached hydrogen (secondary N) is 1. The maximum atomic E-state index is 12.9. The molecule has 0 bridgehead atoms. The lowest BCUT2D eigenvalue weighted by Crippen LogP contribution is -2.67. The monoisotopic (exact) mass is 648 g/mol. The smallest absolute Gasteiger partial charge is 0.247 e. The minimum atomic E-state index is -1.47. The first kappa shape index (κ1) is 33.1. The third kappa shape index (κ3) is 7.27. The van der Waals surface area contributed by atoms with Gasteiger partial charge in [0.2, 0.25) is 12.2 Å². The fourth-order valence-corrected chi connectivity index (χ4v) is 5.67. The summed E-state index contributed by atoms with van der Waals surface area (Å²) in [5, 5.41) is 55.7. The Kier molecular flexibility index (Phi) is 10.3. The zero-order valence-electron chi connectivity index (χ0n) is 24.5. The number of rotatable bonds is 9. The molecule has 10 atom stereocenters. The lowest BCUT2D eigenvalue weighted by atomic mass is 9.83. The predicted molar refractivity (Wildman–Crippen MR) is 161 cm³/mol. The van der Waals surface area contributed by atoms with Crippen LogP contribution in [0.1, 0.15) is 19.4 Å². The molecule has 2 aromatic carbocycles. The third-order valence-corrected chi connectivity index (χ3v) is 8.27. The van der Waals surface area contributed by atoms with Crippen molar-refractivity contribution < 1.29 is 54.0 Å². The molecule has 5 rings (SSSR count). The molecule has 3 aliphatic rings. The van der Waals surface area contributed by atoms with Gasteiger partial charge in [-0.2, -0.15) is 0 Å². The van der Waals surface area contributed by atoms with Gasteiger partial charge in [0.1, 0.15) is 73.7 Å². The molecule has 0 radical (unpaired) electrons. The summed E-state index contributed by atoms with van der Waals surface area (Å²) in [4.78, 5) is 12.9. The number of aliphatic hydroxyl groups excluding tert-OH is 5. The van der Waals surface area contributed by atoms with E-state index in [1.165, 1.54) is 19.1 Å². The molecule has 0 unspecified atom stereocenters. The van der Waals surface area contributed by atoms with Gasteiger partial charge < -0.3 is 60.3 Å². The number of halogens is 1. The van der Waals surface area contributed by atoms with Crippen LogP contribution in [0.5, 0.6) is 11.5 Å². The molecular formula is C31H37ClN2O11. The van der Waals surface area contributed by atoms with Crippen molar-refractivity contribution in [3.63, 3.8) is 0 Å². The molecule has 3 fully saturated rings. The first-order chi connectivity index (χ1) is 21.4. The standard InChI is InChI=1S/C31H37ClN2O11/c1-14(8-9-41-18-5-3-4-17(32)12-18)27-25(38)26(39)31(45-27)44-20-7-6-16(11-19(20)33)10-15(2)30(40)34-21-22(35)24(37)29-28(23(21)36)42-13-43-29/h3-8,10-12,21-29,31,35-39H,9,13,33H2,1-2H3,(H,34,40)/t21-,22+,23-,24-,25+,26-,27-,28+,29-,31-/m1/s1. The Bertz CT molecular complexity index is 1440. The second kappa shape index (κ2) is 14.0. The molecule has 244 valence electrons. The van der Waals surface area contributed by atoms with E-state index in [1.54, 1.807) is 49.4 Å². The molecule has 0 aromatic heterocycles. The Morgan fingerprint density at radius 1 is 1.00 bits per heavy atom. The molecule has 45 heavy (non-hydrogen) atoms. The number of amides is 1. The molecular weight excluding hydrogens is 612 g/mol. The highest BCUT2D eigenvalue weighted by Crippen LogP contribution is 2.33. The highest BCUT2D eigenvalue weighted by molar-refractivity contribution is 6.30. The number of ether oxygens (including phenoxy) is 5. The zero-order chi connectivity index (χ0) is 32.4. The van der Waals surface area contributed by atoms with Gasteiger partial charge >= 0.3 is 0 Å². The number of anilines is 1. The molecule has 2 aliphatic heterocycles. The SMILES string of the molecule is CC(=Cc1ccc(O[C@@H]2O[C@H](C(C)=CCOc3cccc(Cl)c3)[C@@H](O)[C@H]2O)c(N)c1)C(=O)N[C@@H]1[C@H](O)[C@@H](O)[C@H]2OCO[C@H]2[C@@H]1O. The highest BCUT2D eigenvalue weighted by atomic mass is 35.5. The predicted octanol–water partition coefficient (Wildman–Crippen LogP) is 0.499. The van der Waals surface area contributed by atoms with E-state index in [0.717, 1.165) is 0 Å². The first-order valence-electron chi connectivity index (χ1n) is 14.3. The average Bonchev–Trinajstić information content (AvgIpc) is 3.61. The van der Waals surface area contributed by atoms with Crippen molar-refractivity contribution in [2.75, 3.05) is 19.1 Å². The Labute approximate surface area is 264 Å². The fraction of sp³-hybridized carbons (Fsp3) is 0.452. The minimum Gasteiger partial charge on any atom is -0.489 e. The normalized spacial score (nSPS) is 33.5. The summed E-state index contributed by atoms with van der Waals surface area (Å²) >= 11 is 5.97. The summed E-state index contributed by atoms with van der Waals surface area (Å²) in [5.41, 5.74) is 7.77. The summed E-state index contributed by atoms with van der Waals surface area (Å²) in [7, 11) is 0. The van der Waals surface area contributed by atoms with Crippen LogP contribution in [0, 0.1) is 0 Å². The van der Waals surface area contributed by atoms with Gasteiger partial charge in [0, 0.05) is 10.6 Å². The summed E-state index contributed by atoms with van der Waals surface area (Å²) in [6.45, 7) is 3.32. The van der Waals surface area contributed by atoms with Gasteiger partial charge in [-0.25, -0.2) is 0 Å². The van der Waals surface area contributed by atoms with Gasteiger partial charge in [-0.15, -0.1) is 0 Å². The molecule has 1 aliphatic carbocycles. The van der Waals surface area contributed by atoms with Gasteiger partial charge in [0.25, 0.3) is 0 Å². The van der Waals surface area contributed by atoms with Crippen LogP contribution in [0.25, 0.3) is 6.08 Å². The number of hydrogen-bond donors (Lipinski definition) is 7. The lowest BCUT2D eigenvalue weighted by molar-refractivity contribution is -0.155. The summed E-state index contributed by atoms with van der Waals surface area (Å²) in [5.74, 6) is 0.179. The van der Waals surface area contributed by atoms with Crippen LogP contribution in [0.2, 0.25) is 5.02 Å². The van der Waals surface area contributed by atoms with E-state index < -0.39 is 67.1 Å². The van der Waals surface area contributed by atoms with Gasteiger partial charge in [-0.1, -0.05) is 23.7 Å². The molecule has 2 saturated heterocycles. The van der Waals surface area contributed by atoms with Crippen LogP contribution in [-0.4, -0.2) is 106 Å². The van der Waals surface area contributed by atoms with Gasteiger partial charge in [0.05, 0.1) is 11.7 Å². The van der Waals surface area contributed by atoms with Crippen LogP contribution in [0.4, 0.5) is 5.69 Å². The van der Waals surface area contributed by atoms with Crippen molar-refractivity contribution >= 4 is 29.3 Å². The van der Waals surface area contributed by atoms with E-state index in [1.807, 2.05) is 0 Å². The number of carbonyl (C=O) groups excluding carboxylic acids is 1. The Balaban J connectivity index is 1.18. The molecule has 13 nitrogen and oxygen atoms in total. The van der Waals surface area contributed by atoms with Crippen LogP contribution in [0.3, 0.4) is 0 Å². The number of hydrogen-bond acceptors (Lipinski definition) is 12. The average molecular weight is 649 g/mol. The lowest BCUT2D eigenvalue weighted by Gasteiger charge is -2.41. The van der Waals surface area contributed by atoms with Crippen LogP contribution in [-0.2, 0) is 19.0 Å². The maximum Gasteiger partial charge on any atom is 0.247 e. The number of aliphatic hydroxyl groups is 5. The zero-order valence-corrected chi connectivity index (χ0v) is 25.3. The number of nitrogens with two attached hydrogens (primary N) is 1. The van der Waals surface area contributed by atoms with E-state index in [9.17, 15) is 30.3 Å². The van der Waals surface area contributed by atoms with Crippen molar-refractivity contribution in [1.29, 1.82) is 0 Å². The third-order valence-electron chi connectivity index (χ3n) is 8.04. The molecule has 1 saturated carbocycles. The maximum absolute atomic E-state index is 12.9. The van der Waals surface area contributed by atoms with Crippen molar-refractivity contribution in [1.82, 2.24) is 5.32 Å². The van der Waals surface area contributed by atoms with E-state index in [2.05, 4.69) is 5.32 Å².